The van der Waals surface area contributed by atoms with Crippen LogP contribution in [0.5, 0.6) is 5.75 Å². The molecule has 1 aliphatic rings. The lowest BCUT2D eigenvalue weighted by molar-refractivity contribution is 0.107. The molecule has 0 saturated carbocycles. The Morgan fingerprint density at radius 1 is 0.971 bits per heavy atom. The van der Waals surface area contributed by atoms with E-state index in [0.29, 0.717) is 0 Å². The average molecular weight is 466 g/mol. The number of nitriles is 1. The van der Waals surface area contributed by atoms with E-state index in [1.165, 1.54) is 12.1 Å². The molecule has 0 aromatic heterocycles. The van der Waals surface area contributed by atoms with Gasteiger partial charge < -0.3 is 14.5 Å². The molecule has 0 radical (unpaired) electrons. The van der Waals surface area contributed by atoms with Gasteiger partial charge in [-0.2, -0.15) is 5.26 Å². The predicted octanol–water partition coefficient (Wildman–Crippen LogP) is 5.89. The molecule has 1 heterocycles. The zero-order valence-electron chi connectivity index (χ0n) is 21.0. The summed E-state index contributed by atoms with van der Waals surface area (Å²) in [7, 11) is 0. The highest BCUT2D eigenvalue weighted by Gasteiger charge is 2.35. The van der Waals surface area contributed by atoms with E-state index < -0.39 is 5.41 Å². The van der Waals surface area contributed by atoms with Gasteiger partial charge in [-0.3, -0.25) is 0 Å². The Bertz CT molecular complexity index is 888. The van der Waals surface area contributed by atoms with Gasteiger partial charge in [-0.1, -0.05) is 51.1 Å². The Labute approximate surface area is 205 Å². The Balaban J connectivity index is 1.40. The van der Waals surface area contributed by atoms with Crippen LogP contribution >= 0.6 is 0 Å². The lowest BCUT2D eigenvalue weighted by Gasteiger charge is -2.36. The smallest absolute Gasteiger partial charge is 0.123 e. The first-order valence-electron chi connectivity index (χ1n) is 12.8. The van der Waals surface area contributed by atoms with Crippen LogP contribution in [0.4, 0.5) is 4.39 Å². The molecular formula is C29H40FN3O. The van der Waals surface area contributed by atoms with Crippen LogP contribution in [-0.4, -0.2) is 55.2 Å². The summed E-state index contributed by atoms with van der Waals surface area (Å²) in [6, 6.07) is 19.3. The number of piperazine rings is 1. The Kier molecular flexibility index (Phi) is 9.92. The minimum atomic E-state index is -0.414. The minimum Gasteiger partial charge on any atom is -0.490 e. The molecular weight excluding hydrogens is 425 g/mol. The third kappa shape index (κ3) is 7.04. The second-order valence-corrected chi connectivity index (χ2v) is 9.78. The van der Waals surface area contributed by atoms with Gasteiger partial charge >= 0.3 is 0 Å². The number of benzene rings is 2. The minimum absolute atomic E-state index is 0.150. The fourth-order valence-electron chi connectivity index (χ4n) is 4.95. The van der Waals surface area contributed by atoms with E-state index in [4.69, 9.17) is 4.74 Å². The molecule has 0 spiro atoms. The molecule has 3 rings (SSSR count). The molecule has 0 aliphatic carbocycles. The van der Waals surface area contributed by atoms with Crippen molar-refractivity contribution in [2.75, 3.05) is 39.3 Å². The summed E-state index contributed by atoms with van der Waals surface area (Å²) in [6.07, 6.45) is 3.99. The average Bonchev–Trinajstić information content (AvgIpc) is 2.87. The van der Waals surface area contributed by atoms with Crippen LogP contribution in [0.3, 0.4) is 0 Å². The molecule has 184 valence electrons. The van der Waals surface area contributed by atoms with Crippen molar-refractivity contribution in [1.29, 1.82) is 5.26 Å². The molecule has 34 heavy (non-hydrogen) atoms. The molecule has 2 unspecified atom stereocenters. The van der Waals surface area contributed by atoms with Crippen LogP contribution < -0.4 is 4.74 Å². The van der Waals surface area contributed by atoms with Crippen molar-refractivity contribution in [3.8, 4) is 11.8 Å². The lowest BCUT2D eigenvalue weighted by Crippen LogP contribution is -2.47. The highest BCUT2D eigenvalue weighted by atomic mass is 19.1. The second-order valence-electron chi connectivity index (χ2n) is 9.78. The summed E-state index contributed by atoms with van der Waals surface area (Å²) in [5.41, 5.74) is 0.730. The first kappa shape index (κ1) is 26.2. The highest BCUT2D eigenvalue weighted by molar-refractivity contribution is 5.33. The lowest BCUT2D eigenvalue weighted by atomic mass is 9.70. The van der Waals surface area contributed by atoms with Gasteiger partial charge in [-0.25, -0.2) is 4.39 Å². The molecule has 5 heteroatoms. The standard InChI is InChI=1S/C29H40FN3O/c1-4-27(34-28-13-11-26(30)12-14-28)15-18-33-21-19-32(20-22-33)17-8-16-29(23-31,24(2)3)25-9-6-5-7-10-25/h5-7,9-14,24,27H,4,8,15-22H2,1-3H3. The zero-order valence-corrected chi connectivity index (χ0v) is 21.0. The second kappa shape index (κ2) is 12.9. The number of halogens is 1. The maximum absolute atomic E-state index is 13.1. The van der Waals surface area contributed by atoms with Crippen molar-refractivity contribution < 1.29 is 9.13 Å². The molecule has 1 saturated heterocycles. The van der Waals surface area contributed by atoms with E-state index in [1.807, 2.05) is 18.2 Å². The molecule has 4 nitrogen and oxygen atoms in total. The molecule has 2 atom stereocenters. The summed E-state index contributed by atoms with van der Waals surface area (Å²) < 4.78 is 19.2. The Morgan fingerprint density at radius 3 is 2.15 bits per heavy atom. The van der Waals surface area contributed by atoms with Crippen LogP contribution in [0.15, 0.2) is 54.6 Å². The molecule has 2 aromatic carbocycles. The topological polar surface area (TPSA) is 39.5 Å². The quantitative estimate of drug-likeness (QED) is 0.392. The SMILES string of the molecule is CCC(CCN1CCN(CCCC(C#N)(c2ccccc2)C(C)C)CC1)Oc1ccc(F)cc1. The first-order valence-corrected chi connectivity index (χ1v) is 12.8. The van der Waals surface area contributed by atoms with Gasteiger partial charge in [0.2, 0.25) is 0 Å². The molecule has 2 aromatic rings. The predicted molar refractivity (Wildman–Crippen MR) is 136 cm³/mol. The number of ether oxygens (including phenoxy) is 1. The normalized spacial score (nSPS) is 17.8. The summed E-state index contributed by atoms with van der Waals surface area (Å²) in [5.74, 6) is 0.782. The van der Waals surface area contributed by atoms with Gasteiger partial charge in [-0.05, 0) is 68.0 Å². The van der Waals surface area contributed by atoms with Crippen LogP contribution in [0, 0.1) is 23.1 Å². The molecule has 0 bridgehead atoms. The first-order chi connectivity index (χ1) is 16.5. The Hall–Kier alpha value is -2.42. The van der Waals surface area contributed by atoms with Crippen molar-refractivity contribution in [2.45, 2.75) is 58.0 Å². The zero-order chi connectivity index (χ0) is 24.4. The van der Waals surface area contributed by atoms with E-state index in [0.717, 1.165) is 76.3 Å². The third-order valence-corrected chi connectivity index (χ3v) is 7.32. The summed E-state index contributed by atoms with van der Waals surface area (Å²) in [5, 5.41) is 10.1. The van der Waals surface area contributed by atoms with Gasteiger partial charge in [0, 0.05) is 32.7 Å². The van der Waals surface area contributed by atoms with Gasteiger partial charge in [0.25, 0.3) is 0 Å². The summed E-state index contributed by atoms with van der Waals surface area (Å²) >= 11 is 0. The van der Waals surface area contributed by atoms with Crippen LogP contribution in [0.2, 0.25) is 0 Å². The largest absolute Gasteiger partial charge is 0.490 e. The van der Waals surface area contributed by atoms with Gasteiger partial charge in [0.1, 0.15) is 11.6 Å². The van der Waals surface area contributed by atoms with Crippen molar-refractivity contribution in [3.05, 3.63) is 66.0 Å². The van der Waals surface area contributed by atoms with Crippen LogP contribution in [0.1, 0.15) is 52.0 Å². The van der Waals surface area contributed by atoms with E-state index in [1.54, 1.807) is 12.1 Å². The maximum atomic E-state index is 13.1. The van der Waals surface area contributed by atoms with Gasteiger partial charge in [-0.15, -0.1) is 0 Å². The Morgan fingerprint density at radius 2 is 1.59 bits per heavy atom. The van der Waals surface area contributed by atoms with Gasteiger partial charge in [0.05, 0.1) is 17.6 Å². The summed E-state index contributed by atoms with van der Waals surface area (Å²) in [6.45, 7) is 12.8. The summed E-state index contributed by atoms with van der Waals surface area (Å²) in [4.78, 5) is 5.06. The number of nitrogens with zero attached hydrogens (tertiary/aromatic N) is 3. The van der Waals surface area contributed by atoms with Crippen molar-refractivity contribution >= 4 is 0 Å². The monoisotopic (exact) mass is 465 g/mol. The van der Waals surface area contributed by atoms with Crippen molar-refractivity contribution in [1.82, 2.24) is 9.80 Å². The molecule has 0 N–H and O–H groups in total. The molecule has 0 amide bonds. The van der Waals surface area contributed by atoms with Gasteiger partial charge in [0.15, 0.2) is 0 Å². The van der Waals surface area contributed by atoms with E-state index in [2.05, 4.69) is 48.8 Å². The third-order valence-electron chi connectivity index (χ3n) is 7.32. The fourth-order valence-corrected chi connectivity index (χ4v) is 4.95. The maximum Gasteiger partial charge on any atom is 0.123 e. The van der Waals surface area contributed by atoms with Crippen LogP contribution in [-0.2, 0) is 5.41 Å². The van der Waals surface area contributed by atoms with E-state index in [-0.39, 0.29) is 17.8 Å². The van der Waals surface area contributed by atoms with Crippen molar-refractivity contribution in [2.24, 2.45) is 5.92 Å². The molecule has 1 fully saturated rings. The highest BCUT2D eigenvalue weighted by Crippen LogP contribution is 2.36. The number of hydrogen-bond donors (Lipinski definition) is 0. The van der Waals surface area contributed by atoms with Crippen LogP contribution in [0.25, 0.3) is 0 Å². The van der Waals surface area contributed by atoms with Crippen molar-refractivity contribution in [3.63, 3.8) is 0 Å². The van der Waals surface area contributed by atoms with E-state index in [9.17, 15) is 9.65 Å². The number of rotatable bonds is 12. The molecule has 1 aliphatic heterocycles. The number of hydrogen-bond acceptors (Lipinski definition) is 4. The fraction of sp³-hybridized carbons (Fsp3) is 0.552. The van der Waals surface area contributed by atoms with E-state index >= 15 is 0 Å².